The quantitative estimate of drug-likeness (QED) is 0.723. The van der Waals surface area contributed by atoms with Crippen LogP contribution in [0.3, 0.4) is 0 Å². The van der Waals surface area contributed by atoms with Gasteiger partial charge in [-0.2, -0.15) is 0 Å². The van der Waals surface area contributed by atoms with Crippen LogP contribution in [-0.2, 0) is 0 Å². The summed E-state index contributed by atoms with van der Waals surface area (Å²) >= 11 is 0. The summed E-state index contributed by atoms with van der Waals surface area (Å²) in [6.07, 6.45) is 11.4. The Morgan fingerprint density at radius 3 is 2.64 bits per heavy atom. The van der Waals surface area contributed by atoms with Gasteiger partial charge in [-0.1, -0.05) is 31.2 Å². The maximum Gasteiger partial charge on any atom is 0.0185 e. The molecule has 4 unspecified atom stereocenters. The largest absolute Gasteiger partial charge is 0.308 e. The second kappa shape index (κ2) is 3.54. The fourth-order valence-corrected chi connectivity index (χ4v) is 2.38. The highest BCUT2D eigenvalue weighted by atomic mass is 15.1. The van der Waals surface area contributed by atoms with Gasteiger partial charge >= 0.3 is 0 Å². The second-order valence-electron chi connectivity index (χ2n) is 5.17. The van der Waals surface area contributed by atoms with Gasteiger partial charge in [0.1, 0.15) is 0 Å². The third-order valence-electron chi connectivity index (χ3n) is 3.87. The van der Waals surface area contributed by atoms with Gasteiger partial charge in [0.05, 0.1) is 0 Å². The van der Waals surface area contributed by atoms with Crippen molar-refractivity contribution >= 4 is 0 Å². The molecule has 0 aromatic rings. The van der Waals surface area contributed by atoms with Crippen LogP contribution in [-0.4, -0.2) is 11.6 Å². The third-order valence-corrected chi connectivity index (χ3v) is 3.87. The first-order chi connectivity index (χ1) is 6.62. The van der Waals surface area contributed by atoms with Crippen molar-refractivity contribution in [2.75, 3.05) is 0 Å². The molecule has 14 heavy (non-hydrogen) atoms. The molecule has 1 nitrogen and oxygen atoms in total. The first-order valence-corrected chi connectivity index (χ1v) is 5.73. The lowest BCUT2D eigenvalue weighted by Gasteiger charge is -2.26. The van der Waals surface area contributed by atoms with E-state index in [1.165, 1.54) is 12.8 Å². The van der Waals surface area contributed by atoms with Gasteiger partial charge in [0.25, 0.3) is 0 Å². The topological polar surface area (TPSA) is 12.0 Å². The number of nitrogens with one attached hydrogen (secondary N) is 1. The van der Waals surface area contributed by atoms with Gasteiger partial charge in [-0.15, -0.1) is 0 Å². The molecule has 2 rings (SSSR count). The van der Waals surface area contributed by atoms with E-state index in [4.69, 9.17) is 0 Å². The molecule has 0 aromatic heterocycles. The summed E-state index contributed by atoms with van der Waals surface area (Å²) in [4.78, 5) is 0. The zero-order chi connectivity index (χ0) is 10.2. The minimum atomic E-state index is 0.425. The third kappa shape index (κ3) is 1.93. The molecule has 0 bridgehead atoms. The van der Waals surface area contributed by atoms with Gasteiger partial charge in [-0.3, -0.25) is 0 Å². The van der Waals surface area contributed by atoms with Crippen LogP contribution < -0.4 is 5.32 Å². The van der Waals surface area contributed by atoms with Gasteiger partial charge in [-0.05, 0) is 38.5 Å². The van der Waals surface area contributed by atoms with Gasteiger partial charge < -0.3 is 5.32 Å². The van der Waals surface area contributed by atoms with Crippen molar-refractivity contribution in [3.05, 3.63) is 24.3 Å². The van der Waals surface area contributed by atoms with E-state index in [-0.39, 0.29) is 0 Å². The number of rotatable bonds is 3. The Kier molecular flexibility index (Phi) is 2.52. The fourth-order valence-electron chi connectivity index (χ4n) is 2.38. The van der Waals surface area contributed by atoms with Crippen LogP contribution in [0.25, 0.3) is 0 Å². The molecule has 4 atom stereocenters. The average molecular weight is 191 g/mol. The molecule has 0 amide bonds. The monoisotopic (exact) mass is 191 g/mol. The molecule has 1 heteroatoms. The molecule has 0 aromatic carbocycles. The van der Waals surface area contributed by atoms with Crippen molar-refractivity contribution in [3.63, 3.8) is 0 Å². The molecule has 78 valence electrons. The van der Waals surface area contributed by atoms with Crippen LogP contribution >= 0.6 is 0 Å². The lowest BCUT2D eigenvalue weighted by molar-refractivity contribution is 0.367. The molecule has 0 aliphatic heterocycles. The first-order valence-electron chi connectivity index (χ1n) is 5.73. The first kappa shape index (κ1) is 9.97. The molecule has 0 saturated heterocycles. The Morgan fingerprint density at radius 1 is 1.43 bits per heavy atom. The Hall–Kier alpha value is -0.560. The number of hydrogen-bond acceptors (Lipinski definition) is 1. The molecular weight excluding hydrogens is 170 g/mol. The Labute approximate surface area is 87.3 Å². The molecule has 0 spiro atoms. The highest BCUT2D eigenvalue weighted by Gasteiger charge is 2.47. The van der Waals surface area contributed by atoms with Crippen LogP contribution in [0.15, 0.2) is 24.3 Å². The van der Waals surface area contributed by atoms with Crippen LogP contribution in [0.1, 0.15) is 33.6 Å². The zero-order valence-electron chi connectivity index (χ0n) is 9.46. The molecule has 1 saturated carbocycles. The Morgan fingerprint density at radius 2 is 2.14 bits per heavy atom. The van der Waals surface area contributed by atoms with Crippen molar-refractivity contribution in [1.29, 1.82) is 0 Å². The molecule has 0 radical (unpaired) electrons. The lowest BCUT2D eigenvalue weighted by atomic mass is 9.93. The van der Waals surface area contributed by atoms with Crippen LogP contribution in [0.5, 0.6) is 0 Å². The second-order valence-corrected chi connectivity index (χ2v) is 5.17. The van der Waals surface area contributed by atoms with E-state index in [0.717, 1.165) is 5.92 Å². The number of hydrogen-bond donors (Lipinski definition) is 1. The molecule has 1 fully saturated rings. The summed E-state index contributed by atoms with van der Waals surface area (Å²) in [5, 5.41) is 3.76. The van der Waals surface area contributed by atoms with Gasteiger partial charge in [-0.25, -0.2) is 0 Å². The standard InChI is InChI=1S/C13H21N/c1-10-9-13(10,3)14-11(2)12-7-5-4-6-8-12/h4-7,10-12,14H,8-9H2,1-3H3. The fraction of sp³-hybridized carbons (Fsp3) is 0.692. The summed E-state index contributed by atoms with van der Waals surface area (Å²) in [5.74, 6) is 1.54. The summed E-state index contributed by atoms with van der Waals surface area (Å²) in [6.45, 7) is 6.98. The van der Waals surface area contributed by atoms with E-state index in [1.54, 1.807) is 0 Å². The summed E-state index contributed by atoms with van der Waals surface area (Å²) in [6, 6.07) is 0.603. The summed E-state index contributed by atoms with van der Waals surface area (Å²) in [5.41, 5.74) is 0.425. The van der Waals surface area contributed by atoms with Crippen LogP contribution in [0, 0.1) is 11.8 Å². The van der Waals surface area contributed by atoms with Crippen molar-refractivity contribution < 1.29 is 0 Å². The summed E-state index contributed by atoms with van der Waals surface area (Å²) < 4.78 is 0. The van der Waals surface area contributed by atoms with E-state index in [1.807, 2.05) is 0 Å². The minimum Gasteiger partial charge on any atom is -0.308 e. The normalized spacial score (nSPS) is 42.5. The predicted molar refractivity (Wildman–Crippen MR) is 61.2 cm³/mol. The maximum absolute atomic E-state index is 3.76. The molecule has 0 heterocycles. The number of allylic oxidation sites excluding steroid dienone is 3. The Bertz CT molecular complexity index is 266. The van der Waals surface area contributed by atoms with Crippen molar-refractivity contribution in [3.8, 4) is 0 Å². The SMILES string of the molecule is CC(NC1(C)CC1C)C1C=CC=CC1. The van der Waals surface area contributed by atoms with E-state index < -0.39 is 0 Å². The molecule has 1 N–H and O–H groups in total. The predicted octanol–water partition coefficient (Wildman–Crippen LogP) is 2.90. The highest BCUT2D eigenvalue weighted by molar-refractivity contribution is 5.14. The zero-order valence-corrected chi connectivity index (χ0v) is 9.46. The lowest BCUT2D eigenvalue weighted by Crippen LogP contribution is -2.41. The average Bonchev–Trinajstić information content (AvgIpc) is 2.75. The van der Waals surface area contributed by atoms with E-state index >= 15 is 0 Å². The summed E-state index contributed by atoms with van der Waals surface area (Å²) in [7, 11) is 0. The van der Waals surface area contributed by atoms with Crippen molar-refractivity contribution in [2.24, 2.45) is 11.8 Å². The van der Waals surface area contributed by atoms with Crippen LogP contribution in [0.4, 0.5) is 0 Å². The van der Waals surface area contributed by atoms with E-state index in [2.05, 4.69) is 50.4 Å². The minimum absolute atomic E-state index is 0.425. The Balaban J connectivity index is 1.87. The molecule has 2 aliphatic carbocycles. The van der Waals surface area contributed by atoms with Gasteiger partial charge in [0, 0.05) is 11.6 Å². The maximum atomic E-state index is 3.76. The highest BCUT2D eigenvalue weighted by Crippen LogP contribution is 2.43. The van der Waals surface area contributed by atoms with Crippen LogP contribution in [0.2, 0.25) is 0 Å². The smallest absolute Gasteiger partial charge is 0.0185 e. The molecular formula is C13H21N. The van der Waals surface area contributed by atoms with E-state index in [0.29, 0.717) is 17.5 Å². The van der Waals surface area contributed by atoms with Crippen molar-refractivity contribution in [2.45, 2.75) is 45.2 Å². The van der Waals surface area contributed by atoms with Gasteiger partial charge in [0.15, 0.2) is 0 Å². The molecule has 2 aliphatic rings. The van der Waals surface area contributed by atoms with Gasteiger partial charge in [0.2, 0.25) is 0 Å². The van der Waals surface area contributed by atoms with E-state index in [9.17, 15) is 0 Å². The van der Waals surface area contributed by atoms with Crippen molar-refractivity contribution in [1.82, 2.24) is 5.32 Å².